The van der Waals surface area contributed by atoms with E-state index in [0.717, 1.165) is 37.8 Å². The third-order valence-corrected chi connectivity index (χ3v) is 5.68. The third kappa shape index (κ3) is 9.93. The van der Waals surface area contributed by atoms with Gasteiger partial charge in [0.25, 0.3) is 0 Å². The van der Waals surface area contributed by atoms with E-state index in [4.69, 9.17) is 11.8 Å². The second-order valence-corrected chi connectivity index (χ2v) is 8.48. The first-order valence-corrected chi connectivity index (χ1v) is 11.4. The van der Waals surface area contributed by atoms with E-state index in [9.17, 15) is 0 Å². The number of terminal acetylenes is 1. The predicted octanol–water partition coefficient (Wildman–Crippen LogP) is 8.68. The van der Waals surface area contributed by atoms with Gasteiger partial charge in [-0.1, -0.05) is 85.1 Å². The minimum atomic E-state index is 0.289. The zero-order valence-corrected chi connectivity index (χ0v) is 19.7. The Kier molecular flexibility index (Phi) is 12.5. The largest absolute Gasteiger partial charge is 0.310 e. The molecule has 30 heavy (non-hydrogen) atoms. The van der Waals surface area contributed by atoms with E-state index in [-0.39, 0.29) is 5.92 Å². The van der Waals surface area contributed by atoms with Crippen LogP contribution in [0.25, 0.3) is 0 Å². The second-order valence-electron chi connectivity index (χ2n) is 8.48. The molecule has 0 fully saturated rings. The smallest absolute Gasteiger partial charge is 0.0270 e. The summed E-state index contributed by atoms with van der Waals surface area (Å²) in [5, 5.41) is 7.55. The van der Waals surface area contributed by atoms with E-state index in [0.29, 0.717) is 6.42 Å². The van der Waals surface area contributed by atoms with Gasteiger partial charge >= 0.3 is 0 Å². The lowest BCUT2D eigenvalue weighted by Gasteiger charge is -2.19. The van der Waals surface area contributed by atoms with Gasteiger partial charge in [-0.2, -0.15) is 0 Å². The molecule has 0 aromatic heterocycles. The van der Waals surface area contributed by atoms with Crippen molar-refractivity contribution < 1.29 is 0 Å². The fourth-order valence-electron chi connectivity index (χ4n) is 4.00. The molecule has 0 amide bonds. The maximum absolute atomic E-state index is 7.55. The van der Waals surface area contributed by atoms with E-state index >= 15 is 0 Å². The highest BCUT2D eigenvalue weighted by atomic mass is 14.4. The molecule has 162 valence electrons. The lowest BCUT2D eigenvalue weighted by molar-refractivity contribution is 0.641. The van der Waals surface area contributed by atoms with Crippen molar-refractivity contribution in [2.24, 2.45) is 5.92 Å². The molecule has 1 aliphatic carbocycles. The van der Waals surface area contributed by atoms with Gasteiger partial charge in [0.2, 0.25) is 0 Å². The Morgan fingerprint density at radius 2 is 1.90 bits per heavy atom. The molecule has 0 bridgehead atoms. The molecule has 0 spiro atoms. The summed E-state index contributed by atoms with van der Waals surface area (Å²) in [5.74, 6) is 3.01. The molecular weight excluding hydrogens is 362 g/mol. The van der Waals surface area contributed by atoms with Crippen LogP contribution in [0.15, 0.2) is 70.9 Å². The Hall–Kier alpha value is -2.33. The number of nitrogens with one attached hydrogen (secondary N) is 1. The Morgan fingerprint density at radius 1 is 1.20 bits per heavy atom. The average molecular weight is 404 g/mol. The van der Waals surface area contributed by atoms with Crippen molar-refractivity contribution in [2.45, 2.75) is 85.5 Å². The van der Waals surface area contributed by atoms with Gasteiger partial charge in [0.05, 0.1) is 0 Å². The van der Waals surface area contributed by atoms with Gasteiger partial charge < -0.3 is 5.41 Å². The van der Waals surface area contributed by atoms with Crippen LogP contribution in [0.3, 0.4) is 0 Å². The molecule has 1 nitrogen and oxygen atoms in total. The number of hydrogen-bond acceptors (Lipinski definition) is 1. The number of unbranched alkanes of at least 4 members (excludes halogenated alkanes) is 3. The molecule has 1 rings (SSSR count). The van der Waals surface area contributed by atoms with Gasteiger partial charge in [0.1, 0.15) is 0 Å². The molecule has 0 saturated carbocycles. The molecular formula is C29H41N. The van der Waals surface area contributed by atoms with Crippen LogP contribution in [0.5, 0.6) is 0 Å². The average Bonchev–Trinajstić information content (AvgIpc) is 2.86. The van der Waals surface area contributed by atoms with E-state index in [2.05, 4.69) is 69.7 Å². The molecule has 0 aromatic carbocycles. The van der Waals surface area contributed by atoms with Crippen molar-refractivity contribution in [3.8, 4) is 12.3 Å². The summed E-state index contributed by atoms with van der Waals surface area (Å²) in [6.07, 6.45) is 28.2. The van der Waals surface area contributed by atoms with Gasteiger partial charge in [-0.05, 0) is 64.9 Å². The molecule has 0 aliphatic heterocycles. The first kappa shape index (κ1) is 25.7. The highest BCUT2D eigenvalue weighted by molar-refractivity contribution is 5.78. The van der Waals surface area contributed by atoms with Crippen LogP contribution in [0.2, 0.25) is 0 Å². The highest BCUT2D eigenvalue weighted by Gasteiger charge is 2.15. The van der Waals surface area contributed by atoms with Crippen LogP contribution in [0.4, 0.5) is 0 Å². The molecule has 0 radical (unpaired) electrons. The number of rotatable bonds is 13. The topological polar surface area (TPSA) is 23.9 Å². The van der Waals surface area contributed by atoms with Gasteiger partial charge in [0.15, 0.2) is 0 Å². The molecule has 1 unspecified atom stereocenters. The zero-order valence-electron chi connectivity index (χ0n) is 19.7. The molecule has 0 heterocycles. The van der Waals surface area contributed by atoms with Crippen molar-refractivity contribution in [1.82, 2.24) is 0 Å². The van der Waals surface area contributed by atoms with Gasteiger partial charge in [-0.15, -0.1) is 12.3 Å². The van der Waals surface area contributed by atoms with Crippen LogP contribution in [-0.4, -0.2) is 5.71 Å². The maximum atomic E-state index is 7.55. The zero-order chi connectivity index (χ0) is 22.4. The molecule has 1 heteroatoms. The first-order chi connectivity index (χ1) is 14.4. The fraction of sp³-hybridized carbons (Fsp3) is 0.483. The summed E-state index contributed by atoms with van der Waals surface area (Å²) in [7, 11) is 0. The van der Waals surface area contributed by atoms with Crippen molar-refractivity contribution in [3.05, 3.63) is 70.9 Å². The summed E-state index contributed by atoms with van der Waals surface area (Å²) < 4.78 is 0. The van der Waals surface area contributed by atoms with E-state index in [1.54, 1.807) is 0 Å². The molecule has 0 saturated heterocycles. The van der Waals surface area contributed by atoms with E-state index < -0.39 is 0 Å². The summed E-state index contributed by atoms with van der Waals surface area (Å²) in [4.78, 5) is 0. The third-order valence-electron chi connectivity index (χ3n) is 5.68. The Labute approximate surface area is 185 Å². The van der Waals surface area contributed by atoms with Crippen LogP contribution >= 0.6 is 0 Å². The highest BCUT2D eigenvalue weighted by Crippen LogP contribution is 2.31. The van der Waals surface area contributed by atoms with Crippen LogP contribution in [-0.2, 0) is 0 Å². The van der Waals surface area contributed by atoms with Crippen molar-refractivity contribution in [2.75, 3.05) is 0 Å². The predicted molar refractivity (Wildman–Crippen MR) is 135 cm³/mol. The molecule has 0 aromatic rings. The van der Waals surface area contributed by atoms with E-state index in [1.165, 1.54) is 47.1 Å². The molecule has 1 atom stereocenters. The van der Waals surface area contributed by atoms with Crippen LogP contribution in [0, 0.1) is 23.7 Å². The Bertz CT molecular complexity index is 774. The van der Waals surface area contributed by atoms with Gasteiger partial charge in [-0.3, -0.25) is 0 Å². The van der Waals surface area contributed by atoms with Crippen LogP contribution < -0.4 is 0 Å². The van der Waals surface area contributed by atoms with E-state index in [1.807, 2.05) is 6.92 Å². The van der Waals surface area contributed by atoms with Crippen molar-refractivity contribution in [3.63, 3.8) is 0 Å². The maximum Gasteiger partial charge on any atom is 0.0270 e. The van der Waals surface area contributed by atoms with Gasteiger partial charge in [0, 0.05) is 18.1 Å². The fourth-order valence-corrected chi connectivity index (χ4v) is 4.00. The second kappa shape index (κ2) is 14.6. The standard InChI is InChI=1S/C29H41N/c1-7-9-12-19-28(27(8-2)18-14-11-10-13-17-26(6)30)22-25(5)29-20-15-16-23(3)21-24(29)4/h1,12,15-16,19-21,29-30H,5,8-11,13-14,17-18,22H2,2-4,6H3/b19-12-,28-27+,30-26?. The summed E-state index contributed by atoms with van der Waals surface area (Å²) in [6.45, 7) is 13.0. The molecule has 1 N–H and O–H groups in total. The normalized spacial score (nSPS) is 17.1. The number of hydrogen-bond donors (Lipinski definition) is 1. The SMILES string of the molecule is C#CC/C=C\C(CC(=C)C1C=CC=C(C)C=C1C)=C(\CC)CCCCCCC(C)=N. The van der Waals surface area contributed by atoms with Crippen molar-refractivity contribution in [1.29, 1.82) is 5.41 Å². The Morgan fingerprint density at radius 3 is 2.53 bits per heavy atom. The minimum absolute atomic E-state index is 0.289. The van der Waals surface area contributed by atoms with Gasteiger partial charge in [-0.25, -0.2) is 0 Å². The van der Waals surface area contributed by atoms with Crippen molar-refractivity contribution >= 4 is 5.71 Å². The molecule has 1 aliphatic rings. The van der Waals surface area contributed by atoms with Crippen LogP contribution in [0.1, 0.15) is 85.5 Å². The summed E-state index contributed by atoms with van der Waals surface area (Å²) in [5.41, 5.74) is 7.61. The number of allylic oxidation sites excluding steroid dienone is 11. The summed E-state index contributed by atoms with van der Waals surface area (Å²) in [6, 6.07) is 0. The Balaban J connectivity index is 2.87. The summed E-state index contributed by atoms with van der Waals surface area (Å²) >= 11 is 0. The quantitative estimate of drug-likeness (QED) is 0.105. The lowest BCUT2D eigenvalue weighted by atomic mass is 9.85. The monoisotopic (exact) mass is 403 g/mol. The minimum Gasteiger partial charge on any atom is -0.310 e. The first-order valence-electron chi connectivity index (χ1n) is 11.4. The lowest BCUT2D eigenvalue weighted by Crippen LogP contribution is -2.04.